The van der Waals surface area contributed by atoms with Crippen LogP contribution in [0.25, 0.3) is 0 Å². The lowest BCUT2D eigenvalue weighted by Gasteiger charge is -2.32. The second kappa shape index (κ2) is 11.7. The molecule has 35 heavy (non-hydrogen) atoms. The Morgan fingerprint density at radius 1 is 1.00 bits per heavy atom. The molecule has 1 atom stereocenters. The standard InChI is InChI=1S/C27H29N3O4S/c1-34-22-15-13-21(14-16-22)30(24(31)18-28-26(32)23-12-7-17-35-23)25(19-8-3-2-4-9-19)27(33)29-20-10-5-6-11-20/h2-4,7-9,12-17,20,25H,5-6,10-11,18H2,1H3,(H,28,32)(H,29,33). The third-order valence-electron chi connectivity index (χ3n) is 6.09. The number of benzene rings is 2. The first-order valence-corrected chi connectivity index (χ1v) is 12.6. The number of nitrogens with one attached hydrogen (secondary N) is 2. The minimum Gasteiger partial charge on any atom is -0.497 e. The van der Waals surface area contributed by atoms with Crippen molar-refractivity contribution in [2.24, 2.45) is 0 Å². The Morgan fingerprint density at radius 2 is 1.71 bits per heavy atom. The van der Waals surface area contributed by atoms with Crippen molar-refractivity contribution in [1.29, 1.82) is 0 Å². The molecule has 3 aromatic rings. The van der Waals surface area contributed by atoms with Crippen molar-refractivity contribution in [3.8, 4) is 5.75 Å². The molecule has 0 aliphatic heterocycles. The molecule has 3 amide bonds. The number of thiophene rings is 1. The highest BCUT2D eigenvalue weighted by Gasteiger charge is 2.34. The van der Waals surface area contributed by atoms with Crippen LogP contribution in [0, 0.1) is 0 Å². The molecule has 0 saturated heterocycles. The first kappa shape index (κ1) is 24.5. The maximum Gasteiger partial charge on any atom is 0.261 e. The summed E-state index contributed by atoms with van der Waals surface area (Å²) in [6.45, 7) is -0.247. The molecule has 1 unspecified atom stereocenters. The maximum absolute atomic E-state index is 13.7. The van der Waals surface area contributed by atoms with Crippen LogP contribution in [0.5, 0.6) is 5.75 Å². The Bertz CT molecular complexity index is 1130. The van der Waals surface area contributed by atoms with Crippen molar-refractivity contribution in [3.05, 3.63) is 82.6 Å². The van der Waals surface area contributed by atoms with E-state index in [2.05, 4.69) is 10.6 Å². The van der Waals surface area contributed by atoms with Gasteiger partial charge in [-0.05, 0) is 54.1 Å². The van der Waals surface area contributed by atoms with Crippen molar-refractivity contribution >= 4 is 34.7 Å². The fourth-order valence-electron chi connectivity index (χ4n) is 4.32. The quantitative estimate of drug-likeness (QED) is 0.467. The van der Waals surface area contributed by atoms with Crippen LogP contribution in [-0.2, 0) is 9.59 Å². The monoisotopic (exact) mass is 491 g/mol. The second-order valence-electron chi connectivity index (χ2n) is 8.42. The summed E-state index contributed by atoms with van der Waals surface area (Å²) in [6, 6.07) is 18.9. The fraction of sp³-hybridized carbons (Fsp3) is 0.296. The number of carbonyl (C=O) groups is 3. The van der Waals surface area contributed by atoms with Crippen LogP contribution < -0.4 is 20.3 Å². The van der Waals surface area contributed by atoms with E-state index in [0.717, 1.165) is 25.7 Å². The molecule has 1 aliphatic rings. The Hall–Kier alpha value is -3.65. The molecule has 1 heterocycles. The topological polar surface area (TPSA) is 87.7 Å². The highest BCUT2D eigenvalue weighted by atomic mass is 32.1. The normalized spacial score (nSPS) is 14.2. The first-order chi connectivity index (χ1) is 17.1. The number of amides is 3. The number of carbonyl (C=O) groups excluding carboxylic acids is 3. The smallest absolute Gasteiger partial charge is 0.261 e. The van der Waals surface area contributed by atoms with Crippen LogP contribution in [0.1, 0.15) is 47.0 Å². The highest BCUT2D eigenvalue weighted by molar-refractivity contribution is 7.12. The molecule has 0 radical (unpaired) electrons. The van der Waals surface area contributed by atoms with Gasteiger partial charge in [-0.2, -0.15) is 0 Å². The molecule has 1 fully saturated rings. The van der Waals surface area contributed by atoms with Gasteiger partial charge in [0.15, 0.2) is 0 Å². The first-order valence-electron chi connectivity index (χ1n) is 11.7. The molecule has 8 heteroatoms. The molecular weight excluding hydrogens is 462 g/mol. The van der Waals surface area contributed by atoms with Gasteiger partial charge in [0.1, 0.15) is 11.8 Å². The lowest BCUT2D eigenvalue weighted by molar-refractivity contribution is -0.126. The van der Waals surface area contributed by atoms with Crippen molar-refractivity contribution in [2.45, 2.75) is 37.8 Å². The van der Waals surface area contributed by atoms with Gasteiger partial charge in [0.2, 0.25) is 11.8 Å². The van der Waals surface area contributed by atoms with Gasteiger partial charge in [0.25, 0.3) is 5.91 Å². The Morgan fingerprint density at radius 3 is 2.34 bits per heavy atom. The minimum absolute atomic E-state index is 0.0973. The predicted octanol–water partition coefficient (Wildman–Crippen LogP) is 4.32. The zero-order valence-electron chi connectivity index (χ0n) is 19.6. The molecule has 4 rings (SSSR count). The fourth-order valence-corrected chi connectivity index (χ4v) is 4.96. The van der Waals surface area contributed by atoms with E-state index < -0.39 is 11.9 Å². The summed E-state index contributed by atoms with van der Waals surface area (Å²) in [6.07, 6.45) is 4.02. The van der Waals surface area contributed by atoms with Crippen molar-refractivity contribution in [1.82, 2.24) is 10.6 Å². The maximum atomic E-state index is 13.7. The molecule has 0 bridgehead atoms. The van der Waals surface area contributed by atoms with Gasteiger partial charge >= 0.3 is 0 Å². The molecule has 1 aliphatic carbocycles. The summed E-state index contributed by atoms with van der Waals surface area (Å²) < 4.78 is 5.27. The van der Waals surface area contributed by atoms with Crippen LogP contribution in [0.15, 0.2) is 72.1 Å². The SMILES string of the molecule is COc1ccc(N(C(=O)CNC(=O)c2cccs2)C(C(=O)NC2CCCC2)c2ccccc2)cc1. The predicted molar refractivity (Wildman–Crippen MR) is 137 cm³/mol. The van der Waals surface area contributed by atoms with E-state index in [0.29, 0.717) is 21.9 Å². The van der Waals surface area contributed by atoms with Gasteiger partial charge in [0, 0.05) is 11.7 Å². The zero-order valence-corrected chi connectivity index (χ0v) is 20.4. The van der Waals surface area contributed by atoms with Crippen LogP contribution in [0.2, 0.25) is 0 Å². The summed E-state index contributed by atoms with van der Waals surface area (Å²) in [4.78, 5) is 41.8. The van der Waals surface area contributed by atoms with E-state index in [4.69, 9.17) is 4.74 Å². The molecule has 0 spiro atoms. The van der Waals surface area contributed by atoms with Gasteiger partial charge in [0.05, 0.1) is 18.5 Å². The van der Waals surface area contributed by atoms with E-state index in [1.165, 1.54) is 16.2 Å². The molecule has 2 N–H and O–H groups in total. The average Bonchev–Trinajstić information content (AvgIpc) is 3.61. The summed E-state index contributed by atoms with van der Waals surface area (Å²) in [5.74, 6) is -0.319. The number of hydrogen-bond donors (Lipinski definition) is 2. The zero-order chi connectivity index (χ0) is 24.6. The average molecular weight is 492 g/mol. The molecule has 1 aromatic heterocycles. The molecule has 1 saturated carbocycles. The Labute approximate surface area is 209 Å². The summed E-state index contributed by atoms with van der Waals surface area (Å²) >= 11 is 1.30. The summed E-state index contributed by atoms with van der Waals surface area (Å²) in [5.41, 5.74) is 1.23. The molecular formula is C27H29N3O4S. The summed E-state index contributed by atoms with van der Waals surface area (Å²) in [7, 11) is 1.57. The van der Waals surface area contributed by atoms with Crippen LogP contribution >= 0.6 is 11.3 Å². The lowest BCUT2D eigenvalue weighted by atomic mass is 10.0. The second-order valence-corrected chi connectivity index (χ2v) is 9.37. The van der Waals surface area contributed by atoms with E-state index >= 15 is 0 Å². The van der Waals surface area contributed by atoms with Crippen molar-refractivity contribution in [3.63, 3.8) is 0 Å². The van der Waals surface area contributed by atoms with Gasteiger partial charge in [-0.3, -0.25) is 19.3 Å². The largest absolute Gasteiger partial charge is 0.497 e. The third kappa shape index (κ3) is 6.08. The molecule has 7 nitrogen and oxygen atoms in total. The Kier molecular flexibility index (Phi) is 8.15. The minimum atomic E-state index is -0.892. The third-order valence-corrected chi connectivity index (χ3v) is 6.96. The van der Waals surface area contributed by atoms with Gasteiger partial charge in [-0.25, -0.2) is 0 Å². The number of methoxy groups -OCH3 is 1. The number of ether oxygens (including phenoxy) is 1. The number of hydrogen-bond acceptors (Lipinski definition) is 5. The van der Waals surface area contributed by atoms with Crippen molar-refractivity contribution in [2.75, 3.05) is 18.6 Å². The lowest BCUT2D eigenvalue weighted by Crippen LogP contribution is -2.49. The number of nitrogens with zero attached hydrogens (tertiary/aromatic N) is 1. The van der Waals surface area contributed by atoms with Gasteiger partial charge in [-0.15, -0.1) is 11.3 Å². The number of rotatable bonds is 9. The van der Waals surface area contributed by atoms with E-state index in [-0.39, 0.29) is 24.4 Å². The highest BCUT2D eigenvalue weighted by Crippen LogP contribution is 2.30. The van der Waals surface area contributed by atoms with E-state index in [9.17, 15) is 14.4 Å². The molecule has 2 aromatic carbocycles. The summed E-state index contributed by atoms with van der Waals surface area (Å²) in [5, 5.41) is 7.65. The van der Waals surface area contributed by atoms with Gasteiger partial charge in [-0.1, -0.05) is 49.2 Å². The molecule has 182 valence electrons. The Balaban J connectivity index is 1.66. The van der Waals surface area contributed by atoms with Crippen LogP contribution in [-0.4, -0.2) is 37.4 Å². The van der Waals surface area contributed by atoms with Crippen LogP contribution in [0.3, 0.4) is 0 Å². The van der Waals surface area contributed by atoms with E-state index in [1.807, 2.05) is 30.3 Å². The van der Waals surface area contributed by atoms with Crippen molar-refractivity contribution < 1.29 is 19.1 Å². The number of anilines is 1. The van der Waals surface area contributed by atoms with Gasteiger partial charge < -0.3 is 15.4 Å². The van der Waals surface area contributed by atoms with Crippen LogP contribution in [0.4, 0.5) is 5.69 Å². The van der Waals surface area contributed by atoms with E-state index in [1.54, 1.807) is 48.9 Å².